The normalized spacial score (nSPS) is 11.9. The van der Waals surface area contributed by atoms with E-state index in [4.69, 9.17) is 18.9 Å². The van der Waals surface area contributed by atoms with E-state index in [-0.39, 0.29) is 24.8 Å². The molecule has 0 aromatic carbocycles. The fourth-order valence-electron chi connectivity index (χ4n) is 6.64. The van der Waals surface area contributed by atoms with Crippen LogP contribution in [0.1, 0.15) is 213 Å². The molecule has 0 heterocycles. The molecular formula is C48H91NO7. The number of aliphatic hydroxyl groups excluding tert-OH is 1. The Morgan fingerprint density at radius 1 is 0.482 bits per heavy atom. The third-order valence-electron chi connectivity index (χ3n) is 10.2. The lowest BCUT2D eigenvalue weighted by molar-refractivity contribution is -0.159. The van der Waals surface area contributed by atoms with Gasteiger partial charge in [0.15, 0.2) is 6.29 Å². The van der Waals surface area contributed by atoms with Gasteiger partial charge in [0.1, 0.15) is 0 Å². The van der Waals surface area contributed by atoms with Crippen LogP contribution in [0.15, 0.2) is 24.3 Å². The van der Waals surface area contributed by atoms with E-state index in [1.165, 1.54) is 57.8 Å². The van der Waals surface area contributed by atoms with E-state index in [1.54, 1.807) is 0 Å². The molecule has 0 bridgehead atoms. The van der Waals surface area contributed by atoms with Gasteiger partial charge in [-0.15, -0.1) is 0 Å². The van der Waals surface area contributed by atoms with Crippen LogP contribution in [0.3, 0.4) is 0 Å². The van der Waals surface area contributed by atoms with Crippen LogP contribution in [-0.2, 0) is 28.5 Å². The Morgan fingerprint density at radius 3 is 1.41 bits per heavy atom. The van der Waals surface area contributed by atoms with E-state index in [9.17, 15) is 14.7 Å². The van der Waals surface area contributed by atoms with Gasteiger partial charge in [-0.2, -0.15) is 0 Å². The molecule has 0 rings (SSSR count). The molecule has 0 aliphatic rings. The topological polar surface area (TPSA) is 94.5 Å². The van der Waals surface area contributed by atoms with Gasteiger partial charge in [0, 0.05) is 32.7 Å². The molecular weight excluding hydrogens is 703 g/mol. The van der Waals surface area contributed by atoms with Gasteiger partial charge in [-0.3, -0.25) is 9.59 Å². The number of ether oxygens (including phenoxy) is 4. The number of aliphatic hydroxyl groups is 1. The Bertz CT molecular complexity index is 856. The summed E-state index contributed by atoms with van der Waals surface area (Å²) in [5, 5.41) is 9.27. The Kier molecular flexibility index (Phi) is 44.5. The molecule has 0 unspecified atom stereocenters. The molecule has 0 spiro atoms. The number of hydrogen-bond acceptors (Lipinski definition) is 8. The molecule has 0 atom stereocenters. The van der Waals surface area contributed by atoms with Gasteiger partial charge in [-0.25, -0.2) is 0 Å². The molecule has 8 nitrogen and oxygen atoms in total. The van der Waals surface area contributed by atoms with Crippen molar-refractivity contribution in [3.05, 3.63) is 24.3 Å². The number of carbonyl (C=O) groups excluding carboxylic acids is 2. The third-order valence-corrected chi connectivity index (χ3v) is 10.2. The molecule has 0 saturated carbocycles. The predicted octanol–water partition coefficient (Wildman–Crippen LogP) is 12.6. The standard InChI is InChI=1S/C48H91NO7/c1-4-7-10-13-16-24-31-42-53-46(51)35-26-19-17-20-27-38-49(40-29-30-41-50)39-28-21-18-25-32-43-54-47(52)36-37-48(55-44-33-22-14-11-8-5-2)56-45-34-23-15-12-9-6-3/h8-9,11-12,48,50H,4-7,10,13-45H2,1-3H3/b11-8-,12-9-. The highest BCUT2D eigenvalue weighted by Crippen LogP contribution is 2.13. The summed E-state index contributed by atoms with van der Waals surface area (Å²) in [5.41, 5.74) is 0. The molecule has 0 aromatic heterocycles. The second kappa shape index (κ2) is 46.0. The molecule has 0 aliphatic carbocycles. The summed E-state index contributed by atoms with van der Waals surface area (Å²) in [5.74, 6) is -0.191. The first-order valence-electron chi connectivity index (χ1n) is 23.7. The van der Waals surface area contributed by atoms with Gasteiger partial charge in [-0.1, -0.05) is 122 Å². The summed E-state index contributed by atoms with van der Waals surface area (Å²) in [6.07, 6.45) is 40.0. The number of hydrogen-bond donors (Lipinski definition) is 1. The highest BCUT2D eigenvalue weighted by Gasteiger charge is 2.14. The van der Waals surface area contributed by atoms with Crippen molar-refractivity contribution in [2.45, 2.75) is 220 Å². The number of unbranched alkanes of at least 4 members (excludes halogenated alkanes) is 19. The molecule has 0 fully saturated rings. The van der Waals surface area contributed by atoms with Crippen LogP contribution in [0.25, 0.3) is 0 Å². The molecule has 8 heteroatoms. The van der Waals surface area contributed by atoms with E-state index in [2.05, 4.69) is 50.0 Å². The van der Waals surface area contributed by atoms with Crippen LogP contribution >= 0.6 is 0 Å². The van der Waals surface area contributed by atoms with Gasteiger partial charge in [0.2, 0.25) is 0 Å². The van der Waals surface area contributed by atoms with Crippen molar-refractivity contribution in [1.82, 2.24) is 4.90 Å². The van der Waals surface area contributed by atoms with Crippen molar-refractivity contribution in [2.75, 3.05) is 52.7 Å². The summed E-state index contributed by atoms with van der Waals surface area (Å²) in [6.45, 7) is 12.4. The van der Waals surface area contributed by atoms with Crippen molar-refractivity contribution in [3.63, 3.8) is 0 Å². The SMILES string of the molecule is CC/C=C\CCCCOC(CCC(=O)OCCCCCCCN(CCCCO)CCCCCCCC(=O)OCCCCCCCCC)OCCCC/C=C\CC. The Hall–Kier alpha value is -1.74. The maximum absolute atomic E-state index is 12.5. The highest BCUT2D eigenvalue weighted by atomic mass is 16.7. The second-order valence-electron chi connectivity index (χ2n) is 15.6. The number of rotatable bonds is 45. The minimum absolute atomic E-state index is 0.0304. The molecule has 0 aromatic rings. The summed E-state index contributed by atoms with van der Waals surface area (Å²) in [4.78, 5) is 27.1. The van der Waals surface area contributed by atoms with Crippen molar-refractivity contribution >= 4 is 11.9 Å². The zero-order valence-corrected chi connectivity index (χ0v) is 37.1. The van der Waals surface area contributed by atoms with Gasteiger partial charge >= 0.3 is 11.9 Å². The van der Waals surface area contributed by atoms with E-state index in [0.29, 0.717) is 45.7 Å². The minimum Gasteiger partial charge on any atom is -0.466 e. The summed E-state index contributed by atoms with van der Waals surface area (Å²) in [6, 6.07) is 0. The summed E-state index contributed by atoms with van der Waals surface area (Å²) in [7, 11) is 0. The van der Waals surface area contributed by atoms with Gasteiger partial charge in [-0.05, 0) is 116 Å². The lowest BCUT2D eigenvalue weighted by atomic mass is 10.1. The maximum atomic E-state index is 12.5. The number of esters is 2. The summed E-state index contributed by atoms with van der Waals surface area (Å²) >= 11 is 0. The van der Waals surface area contributed by atoms with Crippen LogP contribution in [0.2, 0.25) is 0 Å². The summed E-state index contributed by atoms with van der Waals surface area (Å²) < 4.78 is 23.1. The van der Waals surface area contributed by atoms with Crippen molar-refractivity contribution in [2.24, 2.45) is 0 Å². The molecule has 56 heavy (non-hydrogen) atoms. The monoisotopic (exact) mass is 794 g/mol. The fraction of sp³-hybridized carbons (Fsp3) is 0.875. The average Bonchev–Trinajstić information content (AvgIpc) is 3.20. The second-order valence-corrected chi connectivity index (χ2v) is 15.6. The lowest BCUT2D eigenvalue weighted by Crippen LogP contribution is -2.27. The zero-order valence-electron chi connectivity index (χ0n) is 37.1. The first-order valence-corrected chi connectivity index (χ1v) is 23.7. The van der Waals surface area contributed by atoms with E-state index < -0.39 is 0 Å². The smallest absolute Gasteiger partial charge is 0.305 e. The van der Waals surface area contributed by atoms with Crippen LogP contribution in [0, 0.1) is 0 Å². The van der Waals surface area contributed by atoms with Crippen molar-refractivity contribution in [3.8, 4) is 0 Å². The first kappa shape index (κ1) is 54.3. The lowest BCUT2D eigenvalue weighted by Gasteiger charge is -2.22. The minimum atomic E-state index is -0.352. The fourth-order valence-corrected chi connectivity index (χ4v) is 6.64. The van der Waals surface area contributed by atoms with E-state index in [1.807, 2.05) is 0 Å². The Balaban J connectivity index is 4.09. The molecule has 0 saturated heterocycles. The van der Waals surface area contributed by atoms with Crippen molar-refractivity contribution < 1.29 is 33.6 Å². The van der Waals surface area contributed by atoms with Crippen molar-refractivity contribution in [1.29, 1.82) is 0 Å². The first-order chi connectivity index (χ1) is 27.6. The van der Waals surface area contributed by atoms with Gasteiger partial charge < -0.3 is 29.0 Å². The van der Waals surface area contributed by atoms with Crippen LogP contribution in [0.4, 0.5) is 0 Å². The third kappa shape index (κ3) is 41.9. The Morgan fingerprint density at radius 2 is 0.911 bits per heavy atom. The largest absolute Gasteiger partial charge is 0.466 e. The van der Waals surface area contributed by atoms with Crippen LogP contribution < -0.4 is 0 Å². The van der Waals surface area contributed by atoms with Crippen LogP contribution in [-0.4, -0.2) is 80.9 Å². The molecule has 0 amide bonds. The number of allylic oxidation sites excluding steroid dienone is 4. The van der Waals surface area contributed by atoms with E-state index >= 15 is 0 Å². The average molecular weight is 794 g/mol. The predicted molar refractivity (Wildman–Crippen MR) is 235 cm³/mol. The maximum Gasteiger partial charge on any atom is 0.305 e. The quantitative estimate of drug-likeness (QED) is 0.0282. The van der Waals surface area contributed by atoms with E-state index in [0.717, 1.165) is 135 Å². The van der Waals surface area contributed by atoms with Gasteiger partial charge in [0.25, 0.3) is 0 Å². The molecule has 0 aliphatic heterocycles. The highest BCUT2D eigenvalue weighted by molar-refractivity contribution is 5.69. The molecule has 1 N–H and O–H groups in total. The number of nitrogens with zero attached hydrogens (tertiary/aromatic N) is 1. The Labute approximate surface area is 346 Å². The van der Waals surface area contributed by atoms with Gasteiger partial charge in [0.05, 0.1) is 19.6 Å². The molecule has 0 radical (unpaired) electrons. The number of carbonyl (C=O) groups is 2. The zero-order chi connectivity index (χ0) is 40.8. The van der Waals surface area contributed by atoms with Crippen LogP contribution in [0.5, 0.6) is 0 Å². The molecule has 330 valence electrons.